The Hall–Kier alpha value is -1.15. The number of ether oxygens (including phenoxy) is 2. The van der Waals surface area contributed by atoms with Gasteiger partial charge in [0.25, 0.3) is 0 Å². The molecule has 0 unspecified atom stereocenters. The zero-order valence-electron chi connectivity index (χ0n) is 12.3. The standard InChI is InChI=1S/C14H21NO5S/c1-15(12-5-7-20-8-6-12)21(17,18)14-9-11(10-16)3-4-13(14)19-2/h3-4,9,12,16H,5-8,10H2,1-2H3. The third kappa shape index (κ3) is 3.37. The van der Waals surface area contributed by atoms with Gasteiger partial charge in [0.2, 0.25) is 10.0 Å². The minimum absolute atomic E-state index is 0.0776. The van der Waals surface area contributed by atoms with E-state index in [2.05, 4.69) is 0 Å². The molecular formula is C14H21NO5S. The van der Waals surface area contributed by atoms with Crippen molar-refractivity contribution < 1.29 is 23.0 Å². The Labute approximate surface area is 125 Å². The van der Waals surface area contributed by atoms with Gasteiger partial charge in [0.1, 0.15) is 10.6 Å². The first-order valence-corrected chi connectivity index (χ1v) is 8.28. The van der Waals surface area contributed by atoms with Crippen LogP contribution in [0.15, 0.2) is 23.1 Å². The molecule has 0 atom stereocenters. The average molecular weight is 315 g/mol. The fourth-order valence-corrected chi connectivity index (χ4v) is 4.04. The van der Waals surface area contributed by atoms with E-state index in [1.54, 1.807) is 19.2 Å². The summed E-state index contributed by atoms with van der Waals surface area (Å²) in [6, 6.07) is 4.60. The molecule has 118 valence electrons. The van der Waals surface area contributed by atoms with Crippen LogP contribution >= 0.6 is 0 Å². The van der Waals surface area contributed by atoms with Crippen molar-refractivity contribution >= 4 is 10.0 Å². The maximum atomic E-state index is 12.8. The minimum atomic E-state index is -3.67. The van der Waals surface area contributed by atoms with Gasteiger partial charge in [0, 0.05) is 26.3 Å². The summed E-state index contributed by atoms with van der Waals surface area (Å²) in [5.41, 5.74) is 0.537. The summed E-state index contributed by atoms with van der Waals surface area (Å²) in [4.78, 5) is 0.0885. The molecule has 0 amide bonds. The van der Waals surface area contributed by atoms with Crippen molar-refractivity contribution in [1.82, 2.24) is 4.31 Å². The number of hydrogen-bond acceptors (Lipinski definition) is 5. The van der Waals surface area contributed by atoms with Crippen LogP contribution in [0.3, 0.4) is 0 Å². The van der Waals surface area contributed by atoms with Gasteiger partial charge in [-0.25, -0.2) is 8.42 Å². The van der Waals surface area contributed by atoms with Gasteiger partial charge in [0.05, 0.1) is 13.7 Å². The summed E-state index contributed by atoms with van der Waals surface area (Å²) in [6.07, 6.45) is 1.36. The molecule has 1 aromatic rings. The summed E-state index contributed by atoms with van der Waals surface area (Å²) < 4.78 is 37.4. The van der Waals surface area contributed by atoms with E-state index < -0.39 is 10.0 Å². The molecule has 0 spiro atoms. The molecule has 0 radical (unpaired) electrons. The molecule has 6 nitrogen and oxygen atoms in total. The number of hydrogen-bond donors (Lipinski definition) is 1. The molecule has 1 heterocycles. The molecule has 1 aromatic carbocycles. The van der Waals surface area contributed by atoms with Gasteiger partial charge in [-0.1, -0.05) is 6.07 Å². The number of aliphatic hydroxyl groups excluding tert-OH is 1. The number of nitrogens with zero attached hydrogens (tertiary/aromatic N) is 1. The van der Waals surface area contributed by atoms with Crippen LogP contribution < -0.4 is 4.74 Å². The smallest absolute Gasteiger partial charge is 0.246 e. The van der Waals surface area contributed by atoms with Crippen LogP contribution in [0.2, 0.25) is 0 Å². The molecular weight excluding hydrogens is 294 g/mol. The highest BCUT2D eigenvalue weighted by Crippen LogP contribution is 2.29. The third-order valence-electron chi connectivity index (χ3n) is 3.77. The van der Waals surface area contributed by atoms with Crippen LogP contribution in [0.4, 0.5) is 0 Å². The third-order valence-corrected chi connectivity index (χ3v) is 5.70. The second-order valence-corrected chi connectivity index (χ2v) is 6.97. The minimum Gasteiger partial charge on any atom is -0.495 e. The highest BCUT2D eigenvalue weighted by Gasteiger charge is 2.31. The summed E-state index contributed by atoms with van der Waals surface area (Å²) in [5, 5.41) is 9.21. The van der Waals surface area contributed by atoms with Crippen molar-refractivity contribution in [1.29, 1.82) is 0 Å². The summed E-state index contributed by atoms with van der Waals surface area (Å²) in [6.45, 7) is 0.921. The predicted octanol–water partition coefficient (Wildman–Crippen LogP) is 0.987. The molecule has 1 aliphatic heterocycles. The van der Waals surface area contributed by atoms with Crippen LogP contribution in [-0.2, 0) is 21.4 Å². The topological polar surface area (TPSA) is 76.1 Å². The van der Waals surface area contributed by atoms with E-state index in [0.29, 0.717) is 31.6 Å². The molecule has 1 fully saturated rings. The molecule has 7 heteroatoms. The number of sulfonamides is 1. The zero-order chi connectivity index (χ0) is 15.5. The van der Waals surface area contributed by atoms with E-state index >= 15 is 0 Å². The van der Waals surface area contributed by atoms with Crippen molar-refractivity contribution in [2.24, 2.45) is 0 Å². The Bertz CT molecular complexity index is 581. The van der Waals surface area contributed by atoms with Gasteiger partial charge in [-0.3, -0.25) is 0 Å². The van der Waals surface area contributed by atoms with Gasteiger partial charge in [-0.2, -0.15) is 4.31 Å². The second kappa shape index (κ2) is 6.74. The lowest BCUT2D eigenvalue weighted by Crippen LogP contribution is -2.40. The molecule has 0 aliphatic carbocycles. The SMILES string of the molecule is COc1ccc(CO)cc1S(=O)(=O)N(C)C1CCOCC1. The van der Waals surface area contributed by atoms with Gasteiger partial charge < -0.3 is 14.6 Å². The number of rotatable bonds is 5. The molecule has 1 aliphatic rings. The van der Waals surface area contributed by atoms with E-state index in [0.717, 1.165) is 0 Å². The van der Waals surface area contributed by atoms with Gasteiger partial charge in [-0.15, -0.1) is 0 Å². The molecule has 0 bridgehead atoms. The van der Waals surface area contributed by atoms with Crippen LogP contribution in [0.1, 0.15) is 18.4 Å². The normalized spacial score (nSPS) is 17.1. The summed E-state index contributed by atoms with van der Waals surface area (Å²) >= 11 is 0. The molecule has 1 N–H and O–H groups in total. The van der Waals surface area contributed by atoms with E-state index in [1.807, 2.05) is 0 Å². The van der Waals surface area contributed by atoms with E-state index in [4.69, 9.17) is 9.47 Å². The Balaban J connectivity index is 2.37. The van der Waals surface area contributed by atoms with Crippen molar-refractivity contribution in [3.8, 4) is 5.75 Å². The number of aliphatic hydroxyl groups is 1. The Kier molecular flexibility index (Phi) is 5.21. The summed E-state index contributed by atoms with van der Waals surface area (Å²) in [7, 11) is -0.661. The van der Waals surface area contributed by atoms with Gasteiger partial charge in [-0.05, 0) is 30.5 Å². The monoisotopic (exact) mass is 315 g/mol. The Morgan fingerprint density at radius 1 is 1.38 bits per heavy atom. The molecule has 0 aromatic heterocycles. The van der Waals surface area contributed by atoms with Gasteiger partial charge >= 0.3 is 0 Å². The number of benzene rings is 1. The average Bonchev–Trinajstić information content (AvgIpc) is 2.54. The molecule has 21 heavy (non-hydrogen) atoms. The summed E-state index contributed by atoms with van der Waals surface area (Å²) in [5.74, 6) is 0.283. The second-order valence-electron chi connectivity index (χ2n) is 5.01. The predicted molar refractivity (Wildman–Crippen MR) is 77.7 cm³/mol. The number of methoxy groups -OCH3 is 1. The van der Waals surface area contributed by atoms with Crippen molar-refractivity contribution in [3.63, 3.8) is 0 Å². The zero-order valence-corrected chi connectivity index (χ0v) is 13.1. The van der Waals surface area contributed by atoms with Crippen molar-refractivity contribution in [3.05, 3.63) is 23.8 Å². The van der Waals surface area contributed by atoms with Gasteiger partial charge in [0.15, 0.2) is 0 Å². The largest absolute Gasteiger partial charge is 0.495 e. The first-order chi connectivity index (χ1) is 10.0. The Morgan fingerprint density at radius 3 is 2.62 bits per heavy atom. The highest BCUT2D eigenvalue weighted by atomic mass is 32.2. The lowest BCUT2D eigenvalue weighted by molar-refractivity contribution is 0.0632. The van der Waals surface area contributed by atoms with E-state index in [-0.39, 0.29) is 23.3 Å². The van der Waals surface area contributed by atoms with Crippen molar-refractivity contribution in [2.75, 3.05) is 27.4 Å². The molecule has 2 rings (SSSR count). The maximum Gasteiger partial charge on any atom is 0.246 e. The van der Waals surface area contributed by atoms with Crippen molar-refractivity contribution in [2.45, 2.75) is 30.4 Å². The first kappa shape index (κ1) is 16.2. The highest BCUT2D eigenvalue weighted by molar-refractivity contribution is 7.89. The molecule has 0 saturated carbocycles. The first-order valence-electron chi connectivity index (χ1n) is 6.84. The maximum absolute atomic E-state index is 12.8. The van der Waals surface area contributed by atoms with Crippen LogP contribution in [0, 0.1) is 0 Å². The Morgan fingerprint density at radius 2 is 2.05 bits per heavy atom. The van der Waals surface area contributed by atoms with Crippen LogP contribution in [-0.4, -0.2) is 51.2 Å². The van der Waals surface area contributed by atoms with E-state index in [1.165, 1.54) is 17.5 Å². The lowest BCUT2D eigenvalue weighted by Gasteiger charge is -2.30. The van der Waals surface area contributed by atoms with E-state index in [9.17, 15) is 13.5 Å². The quantitative estimate of drug-likeness (QED) is 0.877. The van der Waals surface area contributed by atoms with Crippen LogP contribution in [0.5, 0.6) is 5.75 Å². The lowest BCUT2D eigenvalue weighted by atomic mass is 10.1. The molecule has 1 saturated heterocycles. The van der Waals surface area contributed by atoms with Crippen LogP contribution in [0.25, 0.3) is 0 Å². The fraction of sp³-hybridized carbons (Fsp3) is 0.571. The fourth-order valence-electron chi connectivity index (χ4n) is 2.42.